The fourth-order valence-corrected chi connectivity index (χ4v) is 3.19. The molecule has 5 nitrogen and oxygen atoms in total. The van der Waals surface area contributed by atoms with Gasteiger partial charge in [-0.1, -0.05) is 25.4 Å². The van der Waals surface area contributed by atoms with Gasteiger partial charge >= 0.3 is 0 Å². The van der Waals surface area contributed by atoms with Crippen LogP contribution in [0.2, 0.25) is 5.02 Å². The Labute approximate surface area is 148 Å². The van der Waals surface area contributed by atoms with E-state index in [2.05, 4.69) is 10.6 Å². The second kappa shape index (κ2) is 8.49. The van der Waals surface area contributed by atoms with Crippen molar-refractivity contribution in [1.29, 1.82) is 0 Å². The fourth-order valence-electron chi connectivity index (χ4n) is 2.99. The zero-order chi connectivity index (χ0) is 17.7. The molecule has 2 amide bonds. The molecule has 0 aliphatic carbocycles. The largest absolute Gasteiger partial charge is 0.338 e. The molecule has 132 valence electrons. The van der Waals surface area contributed by atoms with Crippen LogP contribution in [0, 0.1) is 11.8 Å². The van der Waals surface area contributed by atoms with Crippen LogP contribution < -0.4 is 10.6 Å². The molecule has 0 saturated carbocycles. The number of rotatable bonds is 6. The third kappa shape index (κ3) is 4.95. The van der Waals surface area contributed by atoms with Gasteiger partial charge in [0.1, 0.15) is 0 Å². The standard InChI is InChI=1S/C18H26ClN3O2/c1-12(2)8-17(23)21-14-4-5-16(19)15(9-14)18(24)22-7-6-13(11-22)10-20-3/h4-5,9,12-13,20H,6-8,10-11H2,1-3H3,(H,21,23). The van der Waals surface area contributed by atoms with Gasteiger partial charge in [0.05, 0.1) is 10.6 Å². The summed E-state index contributed by atoms with van der Waals surface area (Å²) in [6, 6.07) is 5.07. The van der Waals surface area contributed by atoms with Crippen molar-refractivity contribution in [2.45, 2.75) is 26.7 Å². The van der Waals surface area contributed by atoms with Gasteiger partial charge in [0.2, 0.25) is 5.91 Å². The number of amides is 2. The van der Waals surface area contributed by atoms with Gasteiger partial charge in [-0.25, -0.2) is 0 Å². The van der Waals surface area contributed by atoms with Gasteiger partial charge in [-0.15, -0.1) is 0 Å². The smallest absolute Gasteiger partial charge is 0.255 e. The molecular formula is C18H26ClN3O2. The molecule has 2 N–H and O–H groups in total. The van der Waals surface area contributed by atoms with Crippen LogP contribution in [0.1, 0.15) is 37.0 Å². The van der Waals surface area contributed by atoms with E-state index >= 15 is 0 Å². The zero-order valence-electron chi connectivity index (χ0n) is 14.6. The Morgan fingerprint density at radius 1 is 1.38 bits per heavy atom. The predicted molar refractivity (Wildman–Crippen MR) is 97.5 cm³/mol. The summed E-state index contributed by atoms with van der Waals surface area (Å²) in [5, 5.41) is 6.41. The molecule has 1 aromatic rings. The molecule has 0 radical (unpaired) electrons. The Bertz CT molecular complexity index is 604. The lowest BCUT2D eigenvalue weighted by atomic mass is 10.1. The number of halogens is 1. The summed E-state index contributed by atoms with van der Waals surface area (Å²) in [6.07, 6.45) is 1.44. The summed E-state index contributed by atoms with van der Waals surface area (Å²) in [5.41, 5.74) is 1.06. The predicted octanol–water partition coefficient (Wildman–Crippen LogP) is 3.01. The number of hydrogen-bond acceptors (Lipinski definition) is 3. The van der Waals surface area contributed by atoms with Crippen molar-refractivity contribution in [3.05, 3.63) is 28.8 Å². The molecule has 1 aromatic carbocycles. The summed E-state index contributed by atoms with van der Waals surface area (Å²) >= 11 is 6.22. The van der Waals surface area contributed by atoms with Crippen molar-refractivity contribution in [2.24, 2.45) is 11.8 Å². The third-order valence-electron chi connectivity index (χ3n) is 4.14. The lowest BCUT2D eigenvalue weighted by Gasteiger charge is -2.18. The molecule has 1 saturated heterocycles. The summed E-state index contributed by atoms with van der Waals surface area (Å²) in [7, 11) is 1.92. The molecule has 1 atom stereocenters. The minimum absolute atomic E-state index is 0.0546. The molecule has 0 bridgehead atoms. The van der Waals surface area contributed by atoms with Crippen LogP contribution in [-0.4, -0.2) is 43.4 Å². The van der Waals surface area contributed by atoms with Crippen LogP contribution in [0.25, 0.3) is 0 Å². The van der Waals surface area contributed by atoms with Crippen LogP contribution in [0.4, 0.5) is 5.69 Å². The fraction of sp³-hybridized carbons (Fsp3) is 0.556. The molecule has 2 rings (SSSR count). The quantitative estimate of drug-likeness (QED) is 0.828. The van der Waals surface area contributed by atoms with E-state index in [-0.39, 0.29) is 17.7 Å². The van der Waals surface area contributed by atoms with Gasteiger partial charge in [-0.3, -0.25) is 9.59 Å². The minimum atomic E-state index is -0.0708. The van der Waals surface area contributed by atoms with E-state index in [4.69, 9.17) is 11.6 Å². The second-order valence-corrected chi connectivity index (χ2v) is 7.21. The number of carbonyl (C=O) groups is 2. The maximum atomic E-state index is 12.7. The van der Waals surface area contributed by atoms with Crippen molar-refractivity contribution in [1.82, 2.24) is 10.2 Å². The van der Waals surface area contributed by atoms with Crippen LogP contribution in [0.3, 0.4) is 0 Å². The molecule has 1 heterocycles. The Morgan fingerprint density at radius 2 is 2.12 bits per heavy atom. The Balaban J connectivity index is 2.08. The summed E-state index contributed by atoms with van der Waals surface area (Å²) in [5.74, 6) is 0.637. The zero-order valence-corrected chi connectivity index (χ0v) is 15.3. The van der Waals surface area contributed by atoms with Crippen molar-refractivity contribution < 1.29 is 9.59 Å². The third-order valence-corrected chi connectivity index (χ3v) is 4.47. The highest BCUT2D eigenvalue weighted by molar-refractivity contribution is 6.34. The molecule has 1 unspecified atom stereocenters. The van der Waals surface area contributed by atoms with E-state index in [1.54, 1.807) is 18.2 Å². The number of anilines is 1. The first kappa shape index (κ1) is 18.7. The summed E-state index contributed by atoms with van der Waals surface area (Å²) in [6.45, 7) is 6.37. The number of hydrogen-bond donors (Lipinski definition) is 2. The van der Waals surface area contributed by atoms with Crippen LogP contribution in [0.15, 0.2) is 18.2 Å². The van der Waals surface area contributed by atoms with Gasteiger partial charge in [-0.05, 0) is 50.0 Å². The highest BCUT2D eigenvalue weighted by atomic mass is 35.5. The molecule has 1 aliphatic rings. The topological polar surface area (TPSA) is 61.4 Å². The van der Waals surface area contributed by atoms with E-state index in [9.17, 15) is 9.59 Å². The Hall–Kier alpha value is -1.59. The Kier molecular flexibility index (Phi) is 6.63. The minimum Gasteiger partial charge on any atom is -0.338 e. The maximum absolute atomic E-state index is 12.7. The number of benzene rings is 1. The average molecular weight is 352 g/mol. The number of nitrogens with zero attached hydrogens (tertiary/aromatic N) is 1. The van der Waals surface area contributed by atoms with Gasteiger partial charge < -0.3 is 15.5 Å². The molecule has 0 spiro atoms. The van der Waals surface area contributed by atoms with E-state index in [1.807, 2.05) is 25.8 Å². The van der Waals surface area contributed by atoms with Gasteiger partial charge in [0.15, 0.2) is 0 Å². The monoisotopic (exact) mass is 351 g/mol. The van der Waals surface area contributed by atoms with Crippen molar-refractivity contribution in [2.75, 3.05) is 32.0 Å². The summed E-state index contributed by atoms with van der Waals surface area (Å²) < 4.78 is 0. The van der Waals surface area contributed by atoms with Gasteiger partial charge in [0, 0.05) is 25.2 Å². The number of carbonyl (C=O) groups excluding carboxylic acids is 2. The van der Waals surface area contributed by atoms with Crippen molar-refractivity contribution >= 4 is 29.1 Å². The highest BCUT2D eigenvalue weighted by Gasteiger charge is 2.27. The van der Waals surface area contributed by atoms with E-state index in [1.165, 1.54) is 0 Å². The SMILES string of the molecule is CNCC1CCN(C(=O)c2cc(NC(=O)CC(C)C)ccc2Cl)C1. The number of likely N-dealkylation sites (tertiary alicyclic amines) is 1. The van der Waals surface area contributed by atoms with Crippen LogP contribution in [0.5, 0.6) is 0 Å². The first-order valence-electron chi connectivity index (χ1n) is 8.44. The van der Waals surface area contributed by atoms with Crippen molar-refractivity contribution in [3.8, 4) is 0 Å². The normalized spacial score (nSPS) is 17.4. The molecular weight excluding hydrogens is 326 g/mol. The van der Waals surface area contributed by atoms with E-state index in [0.717, 1.165) is 26.1 Å². The summed E-state index contributed by atoms with van der Waals surface area (Å²) in [4.78, 5) is 26.5. The first-order valence-corrected chi connectivity index (χ1v) is 8.81. The molecule has 1 fully saturated rings. The average Bonchev–Trinajstić information content (AvgIpc) is 2.96. The highest BCUT2D eigenvalue weighted by Crippen LogP contribution is 2.25. The van der Waals surface area contributed by atoms with Crippen molar-refractivity contribution in [3.63, 3.8) is 0 Å². The first-order chi connectivity index (χ1) is 11.4. The molecule has 6 heteroatoms. The lowest BCUT2D eigenvalue weighted by molar-refractivity contribution is -0.116. The number of nitrogens with one attached hydrogen (secondary N) is 2. The molecule has 24 heavy (non-hydrogen) atoms. The second-order valence-electron chi connectivity index (χ2n) is 6.80. The lowest BCUT2D eigenvalue weighted by Crippen LogP contribution is -2.30. The van der Waals surface area contributed by atoms with Crippen LogP contribution in [-0.2, 0) is 4.79 Å². The van der Waals surface area contributed by atoms with E-state index < -0.39 is 0 Å². The molecule has 0 aromatic heterocycles. The Morgan fingerprint density at radius 3 is 2.79 bits per heavy atom. The van der Waals surface area contributed by atoms with Crippen LogP contribution >= 0.6 is 11.6 Å². The van der Waals surface area contributed by atoms with Gasteiger partial charge in [0.25, 0.3) is 5.91 Å². The molecule has 1 aliphatic heterocycles. The van der Waals surface area contributed by atoms with E-state index in [0.29, 0.717) is 28.6 Å². The van der Waals surface area contributed by atoms with Gasteiger partial charge in [-0.2, -0.15) is 0 Å². The maximum Gasteiger partial charge on any atom is 0.255 e.